The highest BCUT2D eigenvalue weighted by atomic mass is 35.5. The van der Waals surface area contributed by atoms with Crippen molar-refractivity contribution in [1.82, 2.24) is 4.31 Å². The standard InChI is InChI=1S/C20H20Cl2N2O6S2/c1-31-14-4-2-3-13(9-14)23-19(25)12-30-20(26)15-10-18(17(22)11-16(15)21)32(27,28)24-5-7-29-8-6-24/h2-4,9-11H,5-8,12H2,1H3,(H,23,25). The van der Waals surface area contributed by atoms with Gasteiger partial charge in [0.15, 0.2) is 6.61 Å². The predicted molar refractivity (Wildman–Crippen MR) is 123 cm³/mol. The lowest BCUT2D eigenvalue weighted by atomic mass is 10.2. The van der Waals surface area contributed by atoms with E-state index in [2.05, 4.69) is 5.32 Å². The third-order valence-corrected chi connectivity index (χ3v) is 7.92. The minimum Gasteiger partial charge on any atom is -0.452 e. The van der Waals surface area contributed by atoms with Crippen molar-refractivity contribution in [3.05, 3.63) is 52.0 Å². The van der Waals surface area contributed by atoms with E-state index in [1.807, 2.05) is 12.3 Å². The monoisotopic (exact) mass is 518 g/mol. The van der Waals surface area contributed by atoms with Gasteiger partial charge in [-0.25, -0.2) is 13.2 Å². The van der Waals surface area contributed by atoms with E-state index in [4.69, 9.17) is 32.7 Å². The molecule has 3 rings (SSSR count). The van der Waals surface area contributed by atoms with Crippen molar-refractivity contribution in [3.63, 3.8) is 0 Å². The third-order valence-electron chi connectivity index (χ3n) is 4.52. The Morgan fingerprint density at radius 2 is 1.88 bits per heavy atom. The van der Waals surface area contributed by atoms with Crippen LogP contribution in [0.1, 0.15) is 10.4 Å². The molecule has 0 atom stereocenters. The first kappa shape index (κ1) is 24.8. The van der Waals surface area contributed by atoms with E-state index in [0.717, 1.165) is 11.0 Å². The van der Waals surface area contributed by atoms with Gasteiger partial charge in [-0.15, -0.1) is 11.8 Å². The molecule has 8 nitrogen and oxygen atoms in total. The van der Waals surface area contributed by atoms with E-state index in [1.54, 1.807) is 18.2 Å². The quantitative estimate of drug-likeness (QED) is 0.441. The van der Waals surface area contributed by atoms with Crippen LogP contribution >= 0.6 is 35.0 Å². The normalized spacial score (nSPS) is 14.7. The van der Waals surface area contributed by atoms with Crippen LogP contribution in [0.15, 0.2) is 46.2 Å². The Morgan fingerprint density at radius 1 is 1.16 bits per heavy atom. The Labute approximate surface area is 200 Å². The molecule has 0 unspecified atom stereocenters. The average molecular weight is 519 g/mol. The summed E-state index contributed by atoms with van der Waals surface area (Å²) in [5, 5.41) is 2.42. The Morgan fingerprint density at radius 3 is 2.56 bits per heavy atom. The summed E-state index contributed by atoms with van der Waals surface area (Å²) in [6.07, 6.45) is 1.91. The highest BCUT2D eigenvalue weighted by Crippen LogP contribution is 2.31. The van der Waals surface area contributed by atoms with E-state index < -0.39 is 28.5 Å². The molecule has 2 aromatic carbocycles. The van der Waals surface area contributed by atoms with Crippen molar-refractivity contribution in [2.45, 2.75) is 9.79 Å². The number of rotatable bonds is 7. The number of morpholine rings is 1. The Kier molecular flexibility index (Phi) is 8.43. The number of hydrogen-bond acceptors (Lipinski definition) is 7. The fourth-order valence-electron chi connectivity index (χ4n) is 2.92. The van der Waals surface area contributed by atoms with Crippen LogP contribution < -0.4 is 5.32 Å². The van der Waals surface area contributed by atoms with Crippen molar-refractivity contribution in [2.75, 3.05) is 44.5 Å². The number of sulfonamides is 1. The molecule has 12 heteroatoms. The minimum atomic E-state index is -3.97. The van der Waals surface area contributed by atoms with Crippen molar-refractivity contribution in [2.24, 2.45) is 0 Å². The molecule has 1 saturated heterocycles. The van der Waals surface area contributed by atoms with E-state index in [1.165, 1.54) is 22.1 Å². The topological polar surface area (TPSA) is 102 Å². The lowest BCUT2D eigenvalue weighted by Crippen LogP contribution is -2.40. The number of thioether (sulfide) groups is 1. The maximum absolute atomic E-state index is 12.9. The molecular weight excluding hydrogens is 499 g/mol. The fourth-order valence-corrected chi connectivity index (χ4v) is 5.61. The molecule has 1 fully saturated rings. The number of esters is 1. The Bertz CT molecular complexity index is 1120. The van der Waals surface area contributed by atoms with Gasteiger partial charge in [0.25, 0.3) is 5.91 Å². The number of benzene rings is 2. The number of carbonyl (C=O) groups is 2. The predicted octanol–water partition coefficient (Wildman–Crippen LogP) is 3.53. The lowest BCUT2D eigenvalue weighted by molar-refractivity contribution is -0.119. The molecule has 0 saturated carbocycles. The van der Waals surface area contributed by atoms with Gasteiger partial charge in [0.2, 0.25) is 10.0 Å². The molecule has 1 amide bonds. The molecule has 1 heterocycles. The SMILES string of the molecule is CSc1cccc(NC(=O)COC(=O)c2cc(S(=O)(=O)N3CCOCC3)c(Cl)cc2Cl)c1. The third kappa shape index (κ3) is 5.94. The number of carbonyl (C=O) groups excluding carboxylic acids is 2. The Balaban J connectivity index is 1.72. The van der Waals surface area contributed by atoms with E-state index >= 15 is 0 Å². The second kappa shape index (κ2) is 10.9. The van der Waals surface area contributed by atoms with Gasteiger partial charge in [0.1, 0.15) is 4.90 Å². The zero-order valence-electron chi connectivity index (χ0n) is 17.0. The first-order chi connectivity index (χ1) is 15.2. The number of ether oxygens (including phenoxy) is 2. The number of halogens is 2. The number of amides is 1. The summed E-state index contributed by atoms with van der Waals surface area (Å²) in [7, 11) is -3.97. The summed E-state index contributed by atoms with van der Waals surface area (Å²) < 4.78 is 37.3. The van der Waals surface area contributed by atoms with Crippen LogP contribution in [-0.2, 0) is 24.3 Å². The van der Waals surface area contributed by atoms with Crippen LogP contribution in [0.5, 0.6) is 0 Å². The van der Waals surface area contributed by atoms with E-state index in [0.29, 0.717) is 5.69 Å². The summed E-state index contributed by atoms with van der Waals surface area (Å²) in [5.74, 6) is -1.50. The van der Waals surface area contributed by atoms with Gasteiger partial charge in [-0.1, -0.05) is 29.3 Å². The van der Waals surface area contributed by atoms with Crippen molar-refractivity contribution < 1.29 is 27.5 Å². The minimum absolute atomic E-state index is 0.0889. The van der Waals surface area contributed by atoms with Crippen LogP contribution in [0.2, 0.25) is 10.0 Å². The zero-order valence-corrected chi connectivity index (χ0v) is 20.1. The first-order valence-electron chi connectivity index (χ1n) is 9.40. The maximum Gasteiger partial charge on any atom is 0.340 e. The first-order valence-corrected chi connectivity index (χ1v) is 12.8. The van der Waals surface area contributed by atoms with Crippen molar-refractivity contribution in [3.8, 4) is 0 Å². The molecule has 0 aliphatic carbocycles. The molecule has 1 N–H and O–H groups in total. The summed E-state index contributed by atoms with van der Waals surface area (Å²) in [4.78, 5) is 25.4. The Hall–Kier alpha value is -1.82. The second-order valence-corrected chi connectivity index (χ2v) is 10.2. The zero-order chi connectivity index (χ0) is 23.3. The van der Waals surface area contributed by atoms with Crippen LogP contribution in [0.4, 0.5) is 5.69 Å². The number of nitrogens with one attached hydrogen (secondary N) is 1. The van der Waals surface area contributed by atoms with Gasteiger partial charge in [-0.2, -0.15) is 4.31 Å². The van der Waals surface area contributed by atoms with Crippen LogP contribution in [0.25, 0.3) is 0 Å². The molecule has 172 valence electrons. The van der Waals surface area contributed by atoms with Crippen LogP contribution in [0.3, 0.4) is 0 Å². The van der Waals surface area contributed by atoms with Gasteiger partial charge in [-0.05, 0) is 36.6 Å². The lowest BCUT2D eigenvalue weighted by Gasteiger charge is -2.26. The van der Waals surface area contributed by atoms with Gasteiger partial charge in [0, 0.05) is 23.7 Å². The smallest absolute Gasteiger partial charge is 0.340 e. The highest BCUT2D eigenvalue weighted by Gasteiger charge is 2.30. The molecule has 2 aromatic rings. The number of anilines is 1. The van der Waals surface area contributed by atoms with Crippen LogP contribution in [-0.4, -0.2) is 63.8 Å². The molecule has 0 radical (unpaired) electrons. The molecule has 1 aliphatic rings. The summed E-state index contributed by atoms with van der Waals surface area (Å²) in [6.45, 7) is 0.271. The maximum atomic E-state index is 12.9. The fraction of sp³-hybridized carbons (Fsp3) is 0.300. The van der Waals surface area contributed by atoms with Crippen molar-refractivity contribution >= 4 is 62.6 Å². The molecular formula is C20H20Cl2N2O6S2. The van der Waals surface area contributed by atoms with Crippen molar-refractivity contribution in [1.29, 1.82) is 0 Å². The van der Waals surface area contributed by atoms with Gasteiger partial charge in [-0.3, -0.25) is 4.79 Å². The molecule has 0 aromatic heterocycles. The van der Waals surface area contributed by atoms with Gasteiger partial charge in [0.05, 0.1) is 28.8 Å². The average Bonchev–Trinajstić information content (AvgIpc) is 2.78. The molecule has 0 bridgehead atoms. The largest absolute Gasteiger partial charge is 0.452 e. The highest BCUT2D eigenvalue weighted by molar-refractivity contribution is 7.98. The summed E-state index contributed by atoms with van der Waals surface area (Å²) in [6, 6.07) is 9.41. The summed E-state index contributed by atoms with van der Waals surface area (Å²) in [5.41, 5.74) is 0.349. The second-order valence-electron chi connectivity index (χ2n) is 6.64. The molecule has 0 spiro atoms. The van der Waals surface area contributed by atoms with E-state index in [-0.39, 0.29) is 46.8 Å². The number of hydrogen-bond donors (Lipinski definition) is 1. The number of nitrogens with zero attached hydrogens (tertiary/aromatic N) is 1. The molecule has 32 heavy (non-hydrogen) atoms. The van der Waals surface area contributed by atoms with Gasteiger partial charge >= 0.3 is 5.97 Å². The van der Waals surface area contributed by atoms with Crippen LogP contribution in [0, 0.1) is 0 Å². The molecule has 1 aliphatic heterocycles. The van der Waals surface area contributed by atoms with Gasteiger partial charge < -0.3 is 14.8 Å². The summed E-state index contributed by atoms with van der Waals surface area (Å²) >= 11 is 13.7. The van der Waals surface area contributed by atoms with E-state index in [9.17, 15) is 18.0 Å².